The van der Waals surface area contributed by atoms with Crippen LogP contribution in [0.2, 0.25) is 0 Å². The average molecular weight is 726 g/mol. The van der Waals surface area contributed by atoms with Gasteiger partial charge in [0.25, 0.3) is 0 Å². The SMILES string of the molecule is COc1ccc2c(c1)CC(C(=O)Nc1ccc(-c3ccnc4ccccc34)cc1OCCN(C)C)CO2.O=C(O)C(F)(F)F.O=C(O)C(F)(F)F. The number of carbonyl (C=O) groups excluding carboxylic acids is 1. The first-order chi connectivity index (χ1) is 23.9. The number of benzene rings is 3. The van der Waals surface area contributed by atoms with Gasteiger partial charge in [0.05, 0.1) is 24.2 Å². The van der Waals surface area contributed by atoms with Crippen LogP contribution in [0.15, 0.2) is 72.9 Å². The number of carboxylic acid groups (broad SMARTS) is 2. The molecule has 0 radical (unpaired) electrons. The predicted molar refractivity (Wildman–Crippen MR) is 173 cm³/mol. The number of para-hydroxylation sites is 1. The van der Waals surface area contributed by atoms with Gasteiger partial charge in [-0.3, -0.25) is 9.78 Å². The van der Waals surface area contributed by atoms with E-state index in [0.29, 0.717) is 31.1 Å². The molecule has 0 fully saturated rings. The van der Waals surface area contributed by atoms with Crippen molar-refractivity contribution in [1.29, 1.82) is 0 Å². The molecule has 274 valence electrons. The molecule has 1 aliphatic heterocycles. The van der Waals surface area contributed by atoms with Gasteiger partial charge >= 0.3 is 24.3 Å². The van der Waals surface area contributed by atoms with Crippen LogP contribution in [0.1, 0.15) is 5.56 Å². The lowest BCUT2D eigenvalue weighted by Crippen LogP contribution is -2.32. The summed E-state index contributed by atoms with van der Waals surface area (Å²) < 4.78 is 80.9. The summed E-state index contributed by atoms with van der Waals surface area (Å²) in [5, 5.41) is 18.4. The summed E-state index contributed by atoms with van der Waals surface area (Å²) in [6.07, 6.45) is -7.77. The Morgan fingerprint density at radius 2 is 1.59 bits per heavy atom. The number of carboxylic acids is 2. The Hall–Kier alpha value is -5.58. The minimum absolute atomic E-state index is 0.104. The Balaban J connectivity index is 0.000000424. The lowest BCUT2D eigenvalue weighted by molar-refractivity contribution is -0.193. The van der Waals surface area contributed by atoms with Crippen molar-refractivity contribution in [3.05, 3.63) is 78.5 Å². The largest absolute Gasteiger partial charge is 0.497 e. The number of ether oxygens (including phenoxy) is 3. The third-order valence-corrected chi connectivity index (χ3v) is 7.03. The Bertz CT molecular complexity index is 1800. The van der Waals surface area contributed by atoms with E-state index in [1.165, 1.54) is 0 Å². The highest BCUT2D eigenvalue weighted by atomic mass is 19.4. The lowest BCUT2D eigenvalue weighted by Gasteiger charge is -2.25. The van der Waals surface area contributed by atoms with Crippen molar-refractivity contribution in [2.24, 2.45) is 5.92 Å². The van der Waals surface area contributed by atoms with Gasteiger partial charge in [0, 0.05) is 18.1 Å². The maximum absolute atomic E-state index is 13.3. The Morgan fingerprint density at radius 1 is 0.941 bits per heavy atom. The van der Waals surface area contributed by atoms with E-state index >= 15 is 0 Å². The number of aliphatic carboxylic acids is 2. The number of likely N-dealkylation sites (N-methyl/N-ethyl adjacent to an activating group) is 1. The fourth-order valence-corrected chi connectivity index (χ4v) is 4.50. The fraction of sp³-hybridized carbons (Fsp3) is 0.294. The van der Waals surface area contributed by atoms with Crippen molar-refractivity contribution in [2.45, 2.75) is 18.8 Å². The van der Waals surface area contributed by atoms with E-state index in [-0.39, 0.29) is 11.8 Å². The minimum atomic E-state index is -5.08. The summed E-state index contributed by atoms with van der Waals surface area (Å²) in [5.74, 6) is -3.76. The molecule has 0 aliphatic carbocycles. The summed E-state index contributed by atoms with van der Waals surface area (Å²) in [4.78, 5) is 37.6. The van der Waals surface area contributed by atoms with Crippen LogP contribution in [0.4, 0.5) is 32.0 Å². The number of aromatic nitrogens is 1. The molecule has 3 N–H and O–H groups in total. The van der Waals surface area contributed by atoms with Gasteiger partial charge in [-0.25, -0.2) is 9.59 Å². The molecule has 5 rings (SSSR count). The van der Waals surface area contributed by atoms with Crippen LogP contribution in [0.5, 0.6) is 17.2 Å². The Kier molecular flexibility index (Phi) is 13.6. The first kappa shape index (κ1) is 39.9. The van der Waals surface area contributed by atoms with Crippen molar-refractivity contribution < 1.29 is 65.1 Å². The molecule has 1 unspecified atom stereocenters. The topological polar surface area (TPSA) is 148 Å². The second-order valence-corrected chi connectivity index (χ2v) is 11.0. The number of fused-ring (bicyclic) bond motifs is 2. The minimum Gasteiger partial charge on any atom is -0.497 e. The van der Waals surface area contributed by atoms with Gasteiger partial charge in [-0.15, -0.1) is 0 Å². The third-order valence-electron chi connectivity index (χ3n) is 7.03. The van der Waals surface area contributed by atoms with E-state index < -0.39 is 24.3 Å². The average Bonchev–Trinajstić information content (AvgIpc) is 3.07. The van der Waals surface area contributed by atoms with Crippen LogP contribution in [0.3, 0.4) is 0 Å². The van der Waals surface area contributed by atoms with Gasteiger partial charge in [-0.05, 0) is 79.7 Å². The monoisotopic (exact) mass is 725 g/mol. The molecule has 0 spiro atoms. The molecule has 2 heterocycles. The molecule has 4 aromatic rings. The van der Waals surface area contributed by atoms with E-state index in [1.54, 1.807) is 7.11 Å². The number of carbonyl (C=O) groups is 3. The number of rotatable bonds is 8. The number of anilines is 1. The summed E-state index contributed by atoms with van der Waals surface area (Å²) >= 11 is 0. The number of pyridine rings is 1. The standard InChI is InChI=1S/C30H31N3O4.2C2HF3O2/c1-33(2)14-15-36-29-18-20(24-12-13-31-26-7-5-4-6-25(24)26)8-10-27(29)32-30(34)22-16-21-17-23(35-3)9-11-28(21)37-19-22;2*3-2(4,5)1(6)7/h4-13,17-18,22H,14-16,19H2,1-3H3,(H,32,34);2*(H,6,7). The van der Waals surface area contributed by atoms with E-state index in [2.05, 4.69) is 21.3 Å². The second-order valence-electron chi connectivity index (χ2n) is 11.0. The highest BCUT2D eigenvalue weighted by Crippen LogP contribution is 2.36. The van der Waals surface area contributed by atoms with Gasteiger partial charge in [-0.1, -0.05) is 24.3 Å². The van der Waals surface area contributed by atoms with Gasteiger partial charge in [-0.2, -0.15) is 26.3 Å². The van der Waals surface area contributed by atoms with Gasteiger partial charge in [0.2, 0.25) is 5.91 Å². The number of hydrogen-bond acceptors (Lipinski definition) is 8. The number of hydrogen-bond donors (Lipinski definition) is 3. The maximum atomic E-state index is 13.3. The summed E-state index contributed by atoms with van der Waals surface area (Å²) in [7, 11) is 5.63. The number of halogens is 6. The van der Waals surface area contributed by atoms with Gasteiger partial charge in [0.15, 0.2) is 0 Å². The van der Waals surface area contributed by atoms with E-state index in [4.69, 9.17) is 34.0 Å². The summed E-state index contributed by atoms with van der Waals surface area (Å²) in [6.45, 7) is 1.57. The van der Waals surface area contributed by atoms with E-state index in [0.717, 1.165) is 45.6 Å². The first-order valence-corrected chi connectivity index (χ1v) is 14.9. The van der Waals surface area contributed by atoms with Crippen LogP contribution in [0, 0.1) is 5.92 Å². The number of amides is 1. The molecule has 3 aromatic carbocycles. The smallest absolute Gasteiger partial charge is 0.490 e. The molecule has 51 heavy (non-hydrogen) atoms. The fourth-order valence-electron chi connectivity index (χ4n) is 4.50. The van der Waals surface area contributed by atoms with Crippen molar-refractivity contribution in [3.63, 3.8) is 0 Å². The number of alkyl halides is 6. The third kappa shape index (κ3) is 11.8. The van der Waals surface area contributed by atoms with Crippen molar-refractivity contribution in [1.82, 2.24) is 9.88 Å². The molecule has 0 bridgehead atoms. The molecule has 1 atom stereocenters. The molecule has 0 saturated carbocycles. The van der Waals surface area contributed by atoms with Crippen LogP contribution >= 0.6 is 0 Å². The normalized spacial score (nSPS) is 13.7. The van der Waals surface area contributed by atoms with Crippen molar-refractivity contribution in [3.8, 4) is 28.4 Å². The van der Waals surface area contributed by atoms with Gasteiger partial charge < -0.3 is 34.6 Å². The van der Waals surface area contributed by atoms with E-state index in [1.807, 2.05) is 81.0 Å². The zero-order chi connectivity index (χ0) is 37.9. The van der Waals surface area contributed by atoms with Crippen LogP contribution in [0.25, 0.3) is 22.0 Å². The number of nitrogens with one attached hydrogen (secondary N) is 1. The molecule has 1 amide bonds. The lowest BCUT2D eigenvalue weighted by atomic mass is 9.95. The first-order valence-electron chi connectivity index (χ1n) is 14.9. The zero-order valence-corrected chi connectivity index (χ0v) is 27.3. The number of nitrogens with zero attached hydrogens (tertiary/aromatic N) is 2. The summed E-state index contributed by atoms with van der Waals surface area (Å²) in [6, 6.07) is 21.7. The van der Waals surface area contributed by atoms with E-state index in [9.17, 15) is 31.1 Å². The van der Waals surface area contributed by atoms with Gasteiger partial charge in [0.1, 0.15) is 30.5 Å². The predicted octanol–water partition coefficient (Wildman–Crippen LogP) is 6.31. The Morgan fingerprint density at radius 3 is 2.20 bits per heavy atom. The molecular formula is C34H33F6N3O8. The van der Waals surface area contributed by atoms with Crippen molar-refractivity contribution >= 4 is 34.4 Å². The highest BCUT2D eigenvalue weighted by Gasteiger charge is 2.39. The number of methoxy groups -OCH3 is 1. The molecule has 1 aliphatic rings. The molecular weight excluding hydrogens is 692 g/mol. The molecule has 1 aromatic heterocycles. The van der Waals surface area contributed by atoms with Crippen molar-refractivity contribution in [2.75, 3.05) is 46.3 Å². The highest BCUT2D eigenvalue weighted by molar-refractivity contribution is 5.97. The summed E-state index contributed by atoms with van der Waals surface area (Å²) in [5.41, 5.74) is 4.60. The van der Waals surface area contributed by atoms with Crippen LogP contribution in [-0.4, -0.2) is 91.3 Å². The zero-order valence-electron chi connectivity index (χ0n) is 27.3. The van der Waals surface area contributed by atoms with Crippen LogP contribution < -0.4 is 19.5 Å². The Labute approximate surface area is 287 Å². The quantitative estimate of drug-likeness (QED) is 0.177. The molecule has 11 nitrogen and oxygen atoms in total. The van der Waals surface area contributed by atoms with Crippen LogP contribution in [-0.2, 0) is 20.8 Å². The molecule has 0 saturated heterocycles. The second kappa shape index (κ2) is 17.4. The molecule has 17 heteroatoms. The maximum Gasteiger partial charge on any atom is 0.490 e.